The zero-order valence-corrected chi connectivity index (χ0v) is 14.0. The number of allylic oxidation sites excluding steroid dienone is 2. The summed E-state index contributed by atoms with van der Waals surface area (Å²) < 4.78 is 4.67. The molecule has 6 nitrogen and oxygen atoms in total. The molecule has 7 heteroatoms. The van der Waals surface area contributed by atoms with E-state index >= 15 is 0 Å². The van der Waals surface area contributed by atoms with E-state index in [1.807, 2.05) is 13.8 Å². The Bertz CT molecular complexity index is 676. The van der Waals surface area contributed by atoms with Crippen molar-refractivity contribution in [1.29, 1.82) is 0 Å². The molecule has 0 bridgehead atoms. The normalized spacial score (nSPS) is 21.0. The van der Waals surface area contributed by atoms with Crippen molar-refractivity contribution in [1.82, 2.24) is 0 Å². The van der Waals surface area contributed by atoms with Crippen LogP contribution in [0.2, 0.25) is 0 Å². The van der Waals surface area contributed by atoms with Crippen LogP contribution in [0.1, 0.15) is 37.0 Å². The highest BCUT2D eigenvalue weighted by molar-refractivity contribution is 7.14. The summed E-state index contributed by atoms with van der Waals surface area (Å²) in [5, 5.41) is 14.1. The second-order valence-corrected chi connectivity index (χ2v) is 6.58. The number of hydrogen-bond donors (Lipinski definition) is 2. The van der Waals surface area contributed by atoms with Gasteiger partial charge in [-0.15, -0.1) is 11.3 Å². The van der Waals surface area contributed by atoms with E-state index in [1.165, 1.54) is 18.4 Å². The van der Waals surface area contributed by atoms with Crippen molar-refractivity contribution in [2.45, 2.75) is 26.7 Å². The number of hydrogen-bond acceptors (Lipinski definition) is 5. The van der Waals surface area contributed by atoms with Gasteiger partial charge in [0.05, 0.1) is 24.5 Å². The fourth-order valence-electron chi connectivity index (χ4n) is 2.71. The lowest BCUT2D eigenvalue weighted by Gasteiger charge is -2.29. The second kappa shape index (κ2) is 6.95. The highest BCUT2D eigenvalue weighted by Crippen LogP contribution is 2.35. The van der Waals surface area contributed by atoms with Gasteiger partial charge < -0.3 is 15.2 Å². The number of rotatable bonds is 4. The van der Waals surface area contributed by atoms with Crippen molar-refractivity contribution in [3.05, 3.63) is 28.2 Å². The molecule has 0 saturated carbocycles. The Labute approximate surface area is 138 Å². The summed E-state index contributed by atoms with van der Waals surface area (Å²) in [7, 11) is 1.27. The van der Waals surface area contributed by atoms with Gasteiger partial charge in [-0.05, 0) is 38.1 Å². The monoisotopic (exact) mass is 337 g/mol. The standard InChI is InChI=1S/C16H19NO5S/c1-8-6-11(12(15(19)20)7-9(8)2)13(18)17-14-10(4-5-23-14)16(21)22-3/h4-5,11-12H,6-7H2,1-3H3,(H,17,18)(H,19,20)/t11-,12+/m0/s1. The Hall–Kier alpha value is -2.15. The molecule has 1 aromatic heterocycles. The molecule has 0 radical (unpaired) electrons. The van der Waals surface area contributed by atoms with Gasteiger partial charge in [0, 0.05) is 0 Å². The Morgan fingerprint density at radius 2 is 1.83 bits per heavy atom. The van der Waals surface area contributed by atoms with Crippen LogP contribution in [0.3, 0.4) is 0 Å². The van der Waals surface area contributed by atoms with Gasteiger partial charge in [-0.3, -0.25) is 9.59 Å². The lowest BCUT2D eigenvalue weighted by atomic mass is 9.76. The summed E-state index contributed by atoms with van der Waals surface area (Å²) in [6.07, 6.45) is 0.779. The molecule has 1 aromatic rings. The summed E-state index contributed by atoms with van der Waals surface area (Å²) >= 11 is 1.20. The molecule has 0 aliphatic heterocycles. The number of carbonyl (C=O) groups excluding carboxylic acids is 2. The number of methoxy groups -OCH3 is 1. The molecule has 2 N–H and O–H groups in total. The summed E-state index contributed by atoms with van der Waals surface area (Å²) in [6, 6.07) is 1.57. The van der Waals surface area contributed by atoms with Crippen LogP contribution >= 0.6 is 11.3 Å². The van der Waals surface area contributed by atoms with Crippen molar-refractivity contribution < 1.29 is 24.2 Å². The number of carboxylic acids is 1. The smallest absolute Gasteiger partial charge is 0.340 e. The molecule has 1 heterocycles. The number of carbonyl (C=O) groups is 3. The molecule has 23 heavy (non-hydrogen) atoms. The van der Waals surface area contributed by atoms with Crippen molar-refractivity contribution in [3.8, 4) is 0 Å². The van der Waals surface area contributed by atoms with Crippen LogP contribution in [0.25, 0.3) is 0 Å². The fraction of sp³-hybridized carbons (Fsp3) is 0.438. The predicted molar refractivity (Wildman–Crippen MR) is 86.5 cm³/mol. The first kappa shape index (κ1) is 17.2. The van der Waals surface area contributed by atoms with E-state index in [9.17, 15) is 19.5 Å². The minimum atomic E-state index is -0.976. The average molecular weight is 337 g/mol. The van der Waals surface area contributed by atoms with E-state index < -0.39 is 23.8 Å². The molecule has 2 rings (SSSR count). The molecule has 0 unspecified atom stereocenters. The van der Waals surface area contributed by atoms with E-state index in [0.717, 1.165) is 11.1 Å². The molecule has 0 saturated heterocycles. The third-order valence-electron chi connectivity index (χ3n) is 4.23. The van der Waals surface area contributed by atoms with E-state index in [1.54, 1.807) is 11.4 Å². The SMILES string of the molecule is COC(=O)c1ccsc1NC(=O)[C@H]1CC(C)=C(C)C[C@H]1C(=O)O. The van der Waals surface area contributed by atoms with Crippen LogP contribution in [0.5, 0.6) is 0 Å². The maximum Gasteiger partial charge on any atom is 0.340 e. The first-order valence-electron chi connectivity index (χ1n) is 7.19. The number of nitrogens with one attached hydrogen (secondary N) is 1. The molecule has 0 spiro atoms. The predicted octanol–water partition coefficient (Wildman–Crippen LogP) is 2.92. The van der Waals surface area contributed by atoms with Crippen LogP contribution < -0.4 is 5.32 Å². The molecule has 1 aliphatic carbocycles. The lowest BCUT2D eigenvalue weighted by Crippen LogP contribution is -2.36. The number of anilines is 1. The van der Waals surface area contributed by atoms with E-state index in [4.69, 9.17) is 0 Å². The minimum Gasteiger partial charge on any atom is -0.481 e. The van der Waals surface area contributed by atoms with E-state index in [-0.39, 0.29) is 11.5 Å². The van der Waals surface area contributed by atoms with E-state index in [2.05, 4.69) is 10.1 Å². The highest BCUT2D eigenvalue weighted by Gasteiger charge is 2.37. The average Bonchev–Trinajstić information content (AvgIpc) is 2.96. The van der Waals surface area contributed by atoms with Crippen LogP contribution in [-0.2, 0) is 14.3 Å². The number of thiophene rings is 1. The first-order chi connectivity index (χ1) is 10.8. The number of esters is 1. The Morgan fingerprint density at radius 3 is 2.39 bits per heavy atom. The zero-order valence-electron chi connectivity index (χ0n) is 13.2. The van der Waals surface area contributed by atoms with Gasteiger partial charge in [-0.25, -0.2) is 4.79 Å². The van der Waals surface area contributed by atoms with Gasteiger partial charge >= 0.3 is 11.9 Å². The van der Waals surface area contributed by atoms with Gasteiger partial charge in [-0.1, -0.05) is 11.1 Å². The molecule has 2 atom stereocenters. The maximum absolute atomic E-state index is 12.6. The van der Waals surface area contributed by atoms with Crippen molar-refractivity contribution in [3.63, 3.8) is 0 Å². The van der Waals surface area contributed by atoms with E-state index in [0.29, 0.717) is 17.8 Å². The first-order valence-corrected chi connectivity index (χ1v) is 8.07. The van der Waals surface area contributed by atoms with Gasteiger partial charge in [0.2, 0.25) is 5.91 Å². The lowest BCUT2D eigenvalue weighted by molar-refractivity contribution is -0.146. The highest BCUT2D eigenvalue weighted by atomic mass is 32.1. The fourth-order valence-corrected chi connectivity index (χ4v) is 3.49. The van der Waals surface area contributed by atoms with Crippen LogP contribution in [0, 0.1) is 11.8 Å². The second-order valence-electron chi connectivity index (χ2n) is 5.66. The van der Waals surface area contributed by atoms with Gasteiger partial charge in [-0.2, -0.15) is 0 Å². The van der Waals surface area contributed by atoms with Gasteiger partial charge in [0.25, 0.3) is 0 Å². The quantitative estimate of drug-likeness (QED) is 0.651. The van der Waals surface area contributed by atoms with Crippen molar-refractivity contribution in [2.75, 3.05) is 12.4 Å². The minimum absolute atomic E-state index is 0.275. The topological polar surface area (TPSA) is 92.7 Å². The van der Waals surface area contributed by atoms with Crippen LogP contribution in [0.15, 0.2) is 22.6 Å². The number of aliphatic carboxylic acids is 1. The van der Waals surface area contributed by atoms with Crippen molar-refractivity contribution >= 4 is 34.2 Å². The molecule has 1 amide bonds. The third kappa shape index (κ3) is 3.61. The summed E-state index contributed by atoms with van der Waals surface area (Å²) in [4.78, 5) is 35.7. The summed E-state index contributed by atoms with van der Waals surface area (Å²) in [5.41, 5.74) is 2.34. The largest absolute Gasteiger partial charge is 0.481 e. The molecule has 1 aliphatic rings. The Morgan fingerprint density at radius 1 is 1.22 bits per heavy atom. The van der Waals surface area contributed by atoms with Gasteiger partial charge in [0.15, 0.2) is 0 Å². The number of carboxylic acid groups (broad SMARTS) is 1. The molecular weight excluding hydrogens is 318 g/mol. The summed E-state index contributed by atoms with van der Waals surface area (Å²) in [5.74, 6) is -3.29. The number of amides is 1. The Kier molecular flexibility index (Phi) is 5.20. The zero-order chi connectivity index (χ0) is 17.1. The maximum atomic E-state index is 12.6. The van der Waals surface area contributed by atoms with Gasteiger partial charge in [0.1, 0.15) is 5.00 Å². The molecule has 0 fully saturated rings. The van der Waals surface area contributed by atoms with Crippen LogP contribution in [-0.4, -0.2) is 30.1 Å². The molecule has 0 aromatic carbocycles. The molecular formula is C16H19NO5S. The molecule has 124 valence electrons. The Balaban J connectivity index is 2.21. The van der Waals surface area contributed by atoms with Crippen LogP contribution in [0.4, 0.5) is 5.00 Å². The van der Waals surface area contributed by atoms with Crippen molar-refractivity contribution in [2.24, 2.45) is 11.8 Å². The number of ether oxygens (including phenoxy) is 1. The summed E-state index contributed by atoms with van der Waals surface area (Å²) in [6.45, 7) is 3.81. The third-order valence-corrected chi connectivity index (χ3v) is 5.06.